The monoisotopic (exact) mass is 301 g/mol. The van der Waals surface area contributed by atoms with Crippen molar-refractivity contribution in [3.63, 3.8) is 0 Å². The van der Waals surface area contributed by atoms with Crippen molar-refractivity contribution < 1.29 is 9.90 Å². The first-order valence-electron chi connectivity index (χ1n) is 7.74. The number of hydrogen-bond acceptors (Lipinski definition) is 3. The number of nitrogens with zero attached hydrogens (tertiary/aromatic N) is 2. The molecule has 1 aromatic carbocycles. The second-order valence-electron chi connectivity index (χ2n) is 5.36. The fourth-order valence-electron chi connectivity index (χ4n) is 2.44. The van der Waals surface area contributed by atoms with Crippen molar-refractivity contribution >= 4 is 5.91 Å². The van der Waals surface area contributed by atoms with E-state index < -0.39 is 0 Å². The molecule has 0 radical (unpaired) electrons. The van der Waals surface area contributed by atoms with Gasteiger partial charge in [-0.05, 0) is 37.0 Å². The fourth-order valence-corrected chi connectivity index (χ4v) is 2.44. The molecule has 1 atom stereocenters. The summed E-state index contributed by atoms with van der Waals surface area (Å²) in [5.41, 5.74) is 1.33. The van der Waals surface area contributed by atoms with Crippen molar-refractivity contribution in [3.8, 4) is 5.69 Å². The largest absolute Gasteiger partial charge is 0.396 e. The maximum absolute atomic E-state index is 12.2. The number of carbonyl (C=O) groups excluding carboxylic acids is 1. The van der Waals surface area contributed by atoms with Crippen LogP contribution in [0.4, 0.5) is 0 Å². The van der Waals surface area contributed by atoms with E-state index in [2.05, 4.69) is 17.3 Å². The van der Waals surface area contributed by atoms with Gasteiger partial charge < -0.3 is 10.4 Å². The van der Waals surface area contributed by atoms with E-state index in [1.165, 1.54) is 0 Å². The molecule has 0 aliphatic heterocycles. The van der Waals surface area contributed by atoms with E-state index in [0.717, 1.165) is 18.5 Å². The molecule has 1 aromatic heterocycles. The molecule has 0 saturated carbocycles. The Bertz CT molecular complexity index is 575. The Hall–Kier alpha value is -2.14. The summed E-state index contributed by atoms with van der Waals surface area (Å²) >= 11 is 0. The van der Waals surface area contributed by atoms with Gasteiger partial charge in [0.1, 0.15) is 0 Å². The van der Waals surface area contributed by atoms with Crippen molar-refractivity contribution in [3.05, 3.63) is 48.3 Å². The van der Waals surface area contributed by atoms with E-state index >= 15 is 0 Å². The van der Waals surface area contributed by atoms with Crippen molar-refractivity contribution in [1.82, 2.24) is 15.1 Å². The first kappa shape index (κ1) is 16.2. The van der Waals surface area contributed by atoms with Crippen LogP contribution in [0.5, 0.6) is 0 Å². The van der Waals surface area contributed by atoms with Crippen LogP contribution in [-0.2, 0) is 0 Å². The van der Waals surface area contributed by atoms with Gasteiger partial charge in [-0.25, -0.2) is 4.68 Å². The molecule has 22 heavy (non-hydrogen) atoms. The highest BCUT2D eigenvalue weighted by Gasteiger charge is 2.13. The molecule has 0 fully saturated rings. The number of aliphatic hydroxyl groups excluding tert-OH is 1. The maximum atomic E-state index is 12.2. The predicted molar refractivity (Wildman–Crippen MR) is 86.0 cm³/mol. The average Bonchev–Trinajstić information content (AvgIpc) is 3.04. The van der Waals surface area contributed by atoms with Gasteiger partial charge in [-0.1, -0.05) is 31.5 Å². The summed E-state index contributed by atoms with van der Waals surface area (Å²) in [5, 5.41) is 16.3. The molecule has 2 aromatic rings. The van der Waals surface area contributed by atoms with Gasteiger partial charge in [0.25, 0.3) is 5.91 Å². The van der Waals surface area contributed by atoms with Crippen LogP contribution in [0.2, 0.25) is 0 Å². The molecule has 2 rings (SSSR count). The normalized spacial score (nSPS) is 12.1. The standard InChI is InChI=1S/C17H23N3O2/c1-2-6-14(10-12-21)13-18-17(22)16-9-11-20(19-16)15-7-4-3-5-8-15/h3-5,7-9,11,14,21H,2,6,10,12-13H2,1H3,(H,18,22). The zero-order valence-corrected chi connectivity index (χ0v) is 12.9. The van der Waals surface area contributed by atoms with Gasteiger partial charge >= 0.3 is 0 Å². The Kier molecular flexibility index (Phi) is 6.15. The van der Waals surface area contributed by atoms with Crippen LogP contribution >= 0.6 is 0 Å². The highest BCUT2D eigenvalue weighted by atomic mass is 16.3. The Morgan fingerprint density at radius 1 is 1.27 bits per heavy atom. The van der Waals surface area contributed by atoms with Crippen LogP contribution in [0.3, 0.4) is 0 Å². The minimum Gasteiger partial charge on any atom is -0.396 e. The molecule has 0 spiro atoms. The topological polar surface area (TPSA) is 67.2 Å². The molecule has 0 bridgehead atoms. The second-order valence-corrected chi connectivity index (χ2v) is 5.36. The Labute approximate surface area is 131 Å². The van der Waals surface area contributed by atoms with E-state index in [0.29, 0.717) is 24.6 Å². The van der Waals surface area contributed by atoms with Crippen molar-refractivity contribution in [2.75, 3.05) is 13.2 Å². The number of rotatable bonds is 8. The molecule has 0 aliphatic carbocycles. The molecular formula is C17H23N3O2. The molecule has 0 aliphatic rings. The first-order chi connectivity index (χ1) is 10.7. The molecular weight excluding hydrogens is 278 g/mol. The zero-order chi connectivity index (χ0) is 15.8. The molecule has 1 unspecified atom stereocenters. The molecule has 5 nitrogen and oxygen atoms in total. The quantitative estimate of drug-likeness (QED) is 0.787. The maximum Gasteiger partial charge on any atom is 0.271 e. The molecule has 2 N–H and O–H groups in total. The van der Waals surface area contributed by atoms with Crippen molar-refractivity contribution in [2.24, 2.45) is 5.92 Å². The van der Waals surface area contributed by atoms with Gasteiger partial charge in [0.05, 0.1) is 5.69 Å². The summed E-state index contributed by atoms with van der Waals surface area (Å²) in [6, 6.07) is 11.4. The summed E-state index contributed by atoms with van der Waals surface area (Å²) in [7, 11) is 0. The Balaban J connectivity index is 1.94. The lowest BCUT2D eigenvalue weighted by Crippen LogP contribution is -2.30. The Morgan fingerprint density at radius 2 is 2.05 bits per heavy atom. The van der Waals surface area contributed by atoms with Gasteiger partial charge in [-0.3, -0.25) is 4.79 Å². The van der Waals surface area contributed by atoms with Crippen LogP contribution in [0, 0.1) is 5.92 Å². The van der Waals surface area contributed by atoms with Gasteiger partial charge in [-0.15, -0.1) is 0 Å². The number of para-hydroxylation sites is 1. The minimum atomic E-state index is -0.172. The molecule has 118 valence electrons. The lowest BCUT2D eigenvalue weighted by molar-refractivity contribution is 0.0937. The van der Waals surface area contributed by atoms with Crippen LogP contribution in [0.15, 0.2) is 42.6 Å². The van der Waals surface area contributed by atoms with E-state index in [9.17, 15) is 4.79 Å². The Morgan fingerprint density at radius 3 is 2.73 bits per heavy atom. The smallest absolute Gasteiger partial charge is 0.271 e. The number of carbonyl (C=O) groups is 1. The van der Waals surface area contributed by atoms with E-state index in [-0.39, 0.29) is 12.5 Å². The first-order valence-corrected chi connectivity index (χ1v) is 7.74. The summed E-state index contributed by atoms with van der Waals surface area (Å²) in [6.45, 7) is 2.84. The third-order valence-corrected chi connectivity index (χ3v) is 3.63. The third kappa shape index (κ3) is 4.43. The molecule has 0 saturated heterocycles. The predicted octanol–water partition coefficient (Wildman–Crippen LogP) is 2.40. The van der Waals surface area contributed by atoms with Gasteiger partial charge in [-0.2, -0.15) is 5.10 Å². The van der Waals surface area contributed by atoms with Gasteiger partial charge in [0, 0.05) is 19.3 Å². The number of aliphatic hydroxyl groups is 1. The summed E-state index contributed by atoms with van der Waals surface area (Å²) in [5.74, 6) is 0.142. The van der Waals surface area contributed by atoms with Crippen LogP contribution < -0.4 is 5.32 Å². The van der Waals surface area contributed by atoms with Gasteiger partial charge in [0.2, 0.25) is 0 Å². The number of aromatic nitrogens is 2. The highest BCUT2D eigenvalue weighted by Crippen LogP contribution is 2.10. The van der Waals surface area contributed by atoms with E-state index in [4.69, 9.17) is 5.11 Å². The molecule has 1 amide bonds. The lowest BCUT2D eigenvalue weighted by Gasteiger charge is -2.15. The fraction of sp³-hybridized carbons (Fsp3) is 0.412. The highest BCUT2D eigenvalue weighted by molar-refractivity contribution is 5.92. The number of hydrogen-bond donors (Lipinski definition) is 2. The van der Waals surface area contributed by atoms with Crippen LogP contribution in [0.1, 0.15) is 36.7 Å². The van der Waals surface area contributed by atoms with Gasteiger partial charge in [0.15, 0.2) is 5.69 Å². The number of nitrogens with one attached hydrogen (secondary N) is 1. The van der Waals surface area contributed by atoms with Crippen molar-refractivity contribution in [2.45, 2.75) is 26.2 Å². The summed E-state index contributed by atoms with van der Waals surface area (Å²) in [4.78, 5) is 12.2. The van der Waals surface area contributed by atoms with Crippen molar-refractivity contribution in [1.29, 1.82) is 0 Å². The number of amides is 1. The zero-order valence-electron chi connectivity index (χ0n) is 12.9. The number of benzene rings is 1. The lowest BCUT2D eigenvalue weighted by atomic mass is 10.0. The van der Waals surface area contributed by atoms with Crippen LogP contribution in [-0.4, -0.2) is 33.9 Å². The average molecular weight is 301 g/mol. The second kappa shape index (κ2) is 8.34. The minimum absolute atomic E-state index is 0.156. The van der Waals surface area contributed by atoms with Crippen LogP contribution in [0.25, 0.3) is 5.69 Å². The SMILES string of the molecule is CCCC(CCO)CNC(=O)c1ccn(-c2ccccc2)n1. The summed E-state index contributed by atoms with van der Waals surface area (Å²) < 4.78 is 1.69. The summed E-state index contributed by atoms with van der Waals surface area (Å²) in [6.07, 6.45) is 4.54. The molecule has 1 heterocycles. The van der Waals surface area contributed by atoms with E-state index in [1.807, 2.05) is 30.3 Å². The van der Waals surface area contributed by atoms with E-state index in [1.54, 1.807) is 16.9 Å². The third-order valence-electron chi connectivity index (χ3n) is 3.63. The molecule has 5 heteroatoms.